The van der Waals surface area contributed by atoms with E-state index in [1.54, 1.807) is 23.1 Å². The molecule has 0 unspecified atom stereocenters. The van der Waals surface area contributed by atoms with Crippen molar-refractivity contribution in [3.8, 4) is 0 Å². The number of nitrogens with one attached hydrogen (secondary N) is 1. The van der Waals surface area contributed by atoms with Gasteiger partial charge in [-0.1, -0.05) is 23.8 Å². The van der Waals surface area contributed by atoms with Crippen LogP contribution in [0.1, 0.15) is 64.8 Å². The van der Waals surface area contributed by atoms with E-state index < -0.39 is 5.82 Å². The zero-order valence-electron chi connectivity index (χ0n) is 17.1. The molecule has 1 N–H and O–H groups in total. The van der Waals surface area contributed by atoms with Gasteiger partial charge in [0.05, 0.1) is 5.56 Å². The molecule has 0 radical (unpaired) electrons. The van der Waals surface area contributed by atoms with Crippen LogP contribution in [-0.4, -0.2) is 24.9 Å². The minimum Gasteiger partial charge on any atom is -0.352 e. The summed E-state index contributed by atoms with van der Waals surface area (Å²) in [6.45, 7) is 1.18. The van der Waals surface area contributed by atoms with Gasteiger partial charge in [-0.05, 0) is 80.8 Å². The molecule has 5 heteroatoms. The molecule has 0 bridgehead atoms. The van der Waals surface area contributed by atoms with Gasteiger partial charge in [-0.3, -0.25) is 9.59 Å². The summed E-state index contributed by atoms with van der Waals surface area (Å²) in [5.41, 5.74) is 3.83. The smallest absolute Gasteiger partial charge is 0.261 e. The molecule has 2 amide bonds. The van der Waals surface area contributed by atoms with Crippen LogP contribution in [0, 0.1) is 5.82 Å². The van der Waals surface area contributed by atoms with E-state index in [0.717, 1.165) is 43.4 Å². The summed E-state index contributed by atoms with van der Waals surface area (Å²) in [4.78, 5) is 27.1. The van der Waals surface area contributed by atoms with Crippen molar-refractivity contribution in [1.29, 1.82) is 0 Å². The van der Waals surface area contributed by atoms with Gasteiger partial charge in [-0.15, -0.1) is 0 Å². The third-order valence-electron chi connectivity index (χ3n) is 5.93. The fourth-order valence-electron chi connectivity index (χ4n) is 4.30. The Kier molecular flexibility index (Phi) is 6.26. The monoisotopic (exact) mass is 406 g/mol. The standard InChI is InChI=1S/C25H27FN2O2/c26-22-11-5-4-10-21(22)25(30)28-16-6-9-19-17-20(12-13-23(19)28)24(29)27-15-14-18-7-2-1-3-8-18/h4-5,7,10-13,17H,1-3,6,8-9,14-16H2,(H,27,29). The van der Waals surface area contributed by atoms with Gasteiger partial charge in [0.1, 0.15) is 5.82 Å². The largest absolute Gasteiger partial charge is 0.352 e. The third kappa shape index (κ3) is 4.45. The minimum atomic E-state index is -0.515. The van der Waals surface area contributed by atoms with Crippen molar-refractivity contribution in [2.75, 3.05) is 18.0 Å². The number of amides is 2. The summed E-state index contributed by atoms with van der Waals surface area (Å²) in [7, 11) is 0. The summed E-state index contributed by atoms with van der Waals surface area (Å²) in [5.74, 6) is -0.947. The zero-order chi connectivity index (χ0) is 20.9. The number of allylic oxidation sites excluding steroid dienone is 1. The van der Waals surface area contributed by atoms with Crippen LogP contribution in [0.4, 0.5) is 10.1 Å². The van der Waals surface area contributed by atoms with Crippen LogP contribution in [-0.2, 0) is 6.42 Å². The Labute approximate surface area is 176 Å². The van der Waals surface area contributed by atoms with Gasteiger partial charge < -0.3 is 10.2 Å². The Balaban J connectivity index is 1.45. The van der Waals surface area contributed by atoms with Gasteiger partial charge in [0.15, 0.2) is 0 Å². The zero-order valence-corrected chi connectivity index (χ0v) is 17.1. The lowest BCUT2D eigenvalue weighted by Gasteiger charge is -2.30. The second-order valence-corrected chi connectivity index (χ2v) is 8.00. The molecule has 0 spiro atoms. The minimum absolute atomic E-state index is 0.0733. The molecule has 2 aromatic rings. The van der Waals surface area contributed by atoms with Crippen molar-refractivity contribution >= 4 is 17.5 Å². The highest BCUT2D eigenvalue weighted by Gasteiger charge is 2.26. The van der Waals surface area contributed by atoms with Crippen molar-refractivity contribution in [2.24, 2.45) is 0 Å². The second kappa shape index (κ2) is 9.24. The topological polar surface area (TPSA) is 49.4 Å². The van der Waals surface area contributed by atoms with Crippen LogP contribution >= 0.6 is 0 Å². The summed E-state index contributed by atoms with van der Waals surface area (Å²) >= 11 is 0. The molecule has 2 aliphatic rings. The average Bonchev–Trinajstić information content (AvgIpc) is 2.79. The number of hydrogen-bond donors (Lipinski definition) is 1. The number of fused-ring (bicyclic) bond motifs is 1. The van der Waals surface area contributed by atoms with E-state index in [4.69, 9.17) is 0 Å². The number of halogens is 1. The number of aryl methyl sites for hydroxylation is 1. The fourth-order valence-corrected chi connectivity index (χ4v) is 4.30. The molecule has 4 nitrogen and oxygen atoms in total. The van der Waals surface area contributed by atoms with E-state index >= 15 is 0 Å². The lowest BCUT2D eigenvalue weighted by molar-refractivity contribution is 0.0952. The molecule has 0 saturated heterocycles. The number of anilines is 1. The first-order valence-electron chi connectivity index (χ1n) is 10.8. The van der Waals surface area contributed by atoms with Gasteiger partial charge in [-0.2, -0.15) is 0 Å². The summed E-state index contributed by atoms with van der Waals surface area (Å²) < 4.78 is 14.1. The maximum absolute atomic E-state index is 14.1. The maximum Gasteiger partial charge on any atom is 0.261 e. The van der Waals surface area contributed by atoms with Gasteiger partial charge in [0.2, 0.25) is 0 Å². The first-order chi connectivity index (χ1) is 14.6. The molecule has 0 fully saturated rings. The Morgan fingerprint density at radius 2 is 1.90 bits per heavy atom. The number of carbonyl (C=O) groups excluding carboxylic acids is 2. The number of rotatable bonds is 5. The van der Waals surface area contributed by atoms with E-state index in [9.17, 15) is 14.0 Å². The summed E-state index contributed by atoms with van der Waals surface area (Å²) in [6, 6.07) is 11.5. The van der Waals surface area contributed by atoms with Crippen LogP contribution in [0.15, 0.2) is 54.1 Å². The molecule has 0 atom stereocenters. The quantitative estimate of drug-likeness (QED) is 0.708. The van der Waals surface area contributed by atoms with Gasteiger partial charge in [-0.25, -0.2) is 4.39 Å². The predicted octanol–water partition coefficient (Wildman–Crippen LogP) is 5.04. The number of carbonyl (C=O) groups is 2. The molecule has 1 heterocycles. The van der Waals surface area contributed by atoms with Crippen LogP contribution in [0.2, 0.25) is 0 Å². The average molecular weight is 407 g/mol. The van der Waals surface area contributed by atoms with Crippen LogP contribution < -0.4 is 10.2 Å². The molecular formula is C25H27FN2O2. The highest BCUT2D eigenvalue weighted by molar-refractivity contribution is 6.07. The molecule has 1 aliphatic carbocycles. The number of hydrogen-bond acceptors (Lipinski definition) is 2. The van der Waals surface area contributed by atoms with Crippen molar-refractivity contribution in [2.45, 2.75) is 44.9 Å². The fraction of sp³-hybridized carbons (Fsp3) is 0.360. The van der Waals surface area contributed by atoms with E-state index in [2.05, 4.69) is 11.4 Å². The Bertz CT molecular complexity index is 983. The molecule has 156 valence electrons. The van der Waals surface area contributed by atoms with E-state index in [-0.39, 0.29) is 17.4 Å². The second-order valence-electron chi connectivity index (χ2n) is 8.00. The molecule has 2 aromatic carbocycles. The highest BCUT2D eigenvalue weighted by atomic mass is 19.1. The molecule has 4 rings (SSSR count). The molecule has 0 aromatic heterocycles. The Morgan fingerprint density at radius 1 is 1.03 bits per heavy atom. The van der Waals surface area contributed by atoms with Crippen LogP contribution in [0.3, 0.4) is 0 Å². The Hall–Kier alpha value is -2.95. The van der Waals surface area contributed by atoms with Crippen LogP contribution in [0.25, 0.3) is 0 Å². The van der Waals surface area contributed by atoms with E-state index in [1.807, 2.05) is 12.1 Å². The normalized spacial score (nSPS) is 15.9. The molecular weight excluding hydrogens is 379 g/mol. The van der Waals surface area contributed by atoms with Crippen molar-refractivity contribution in [1.82, 2.24) is 5.32 Å². The van der Waals surface area contributed by atoms with E-state index in [0.29, 0.717) is 18.7 Å². The Morgan fingerprint density at radius 3 is 2.70 bits per heavy atom. The van der Waals surface area contributed by atoms with E-state index in [1.165, 1.54) is 30.5 Å². The molecule has 0 saturated carbocycles. The first kappa shape index (κ1) is 20.3. The van der Waals surface area contributed by atoms with Crippen LogP contribution in [0.5, 0.6) is 0 Å². The maximum atomic E-state index is 14.1. The summed E-state index contributed by atoms with van der Waals surface area (Å²) in [6.07, 6.45) is 9.58. The van der Waals surface area contributed by atoms with Crippen molar-refractivity contribution in [3.05, 3.63) is 76.6 Å². The lowest BCUT2D eigenvalue weighted by Crippen LogP contribution is -2.36. The summed E-state index contributed by atoms with van der Waals surface area (Å²) in [5, 5.41) is 3.01. The molecule has 30 heavy (non-hydrogen) atoms. The van der Waals surface area contributed by atoms with Crippen molar-refractivity contribution in [3.63, 3.8) is 0 Å². The molecule has 1 aliphatic heterocycles. The number of nitrogens with zero attached hydrogens (tertiary/aromatic N) is 1. The predicted molar refractivity (Wildman–Crippen MR) is 116 cm³/mol. The van der Waals surface area contributed by atoms with Gasteiger partial charge in [0.25, 0.3) is 11.8 Å². The highest BCUT2D eigenvalue weighted by Crippen LogP contribution is 2.30. The lowest BCUT2D eigenvalue weighted by atomic mass is 9.97. The number of benzene rings is 2. The first-order valence-corrected chi connectivity index (χ1v) is 10.8. The van der Waals surface area contributed by atoms with Gasteiger partial charge in [0, 0.05) is 24.3 Å². The van der Waals surface area contributed by atoms with Crippen molar-refractivity contribution < 1.29 is 14.0 Å². The van der Waals surface area contributed by atoms with Gasteiger partial charge >= 0.3 is 0 Å². The SMILES string of the molecule is O=C(NCCC1=CCCCC1)c1ccc2c(c1)CCCN2C(=O)c1ccccc1F. The third-order valence-corrected chi connectivity index (χ3v) is 5.93.